The number of unbranched alkanes of at least 4 members (excludes halogenated alkanes) is 5. The van der Waals surface area contributed by atoms with Crippen molar-refractivity contribution >= 4 is 22.9 Å². The van der Waals surface area contributed by atoms with Crippen molar-refractivity contribution in [3.8, 4) is 0 Å². The molecule has 0 saturated carbocycles. The Kier molecular flexibility index (Phi) is 4.60. The van der Waals surface area contributed by atoms with Gasteiger partial charge in [0.05, 0.1) is 12.1 Å². The molecule has 0 aromatic carbocycles. The van der Waals surface area contributed by atoms with Crippen molar-refractivity contribution in [3.63, 3.8) is 0 Å². The minimum atomic E-state index is 0.292. The van der Waals surface area contributed by atoms with Gasteiger partial charge in [-0.05, 0) is 17.9 Å². The van der Waals surface area contributed by atoms with Crippen LogP contribution in [0, 0.1) is 0 Å². The van der Waals surface area contributed by atoms with Crippen molar-refractivity contribution in [1.29, 1.82) is 0 Å². The average Bonchev–Trinajstić information content (AvgIpc) is 2.85. The van der Waals surface area contributed by atoms with E-state index in [4.69, 9.17) is 0 Å². The summed E-state index contributed by atoms with van der Waals surface area (Å²) in [5.41, 5.74) is 1.17. The molecule has 0 atom stereocenters. The van der Waals surface area contributed by atoms with E-state index < -0.39 is 0 Å². The lowest BCUT2D eigenvalue weighted by Crippen LogP contribution is -2.27. The molecule has 0 unspecified atom stereocenters. The fourth-order valence-corrected chi connectivity index (χ4v) is 3.24. The molecule has 0 fully saturated rings. The Morgan fingerprint density at radius 1 is 1.24 bits per heavy atom. The molecule has 0 bridgehead atoms. The van der Waals surface area contributed by atoms with Gasteiger partial charge in [-0.3, -0.25) is 4.79 Å². The van der Waals surface area contributed by atoms with Gasteiger partial charge in [0.2, 0.25) is 5.91 Å². The highest BCUT2D eigenvalue weighted by atomic mass is 32.1. The fraction of sp³-hybridized carbons (Fsp3) is 0.643. The number of carbonyl (C=O) groups excluding carboxylic acids is 1. The Labute approximate surface area is 108 Å². The molecular formula is C14H21NOS. The average molecular weight is 251 g/mol. The van der Waals surface area contributed by atoms with E-state index in [1.54, 1.807) is 11.3 Å². The van der Waals surface area contributed by atoms with Crippen LogP contribution >= 0.6 is 11.3 Å². The first-order valence-corrected chi connectivity index (χ1v) is 7.57. The number of fused-ring (bicyclic) bond motifs is 1. The summed E-state index contributed by atoms with van der Waals surface area (Å²) in [5, 5.41) is 2.09. The van der Waals surface area contributed by atoms with Gasteiger partial charge in [-0.2, -0.15) is 0 Å². The van der Waals surface area contributed by atoms with Crippen molar-refractivity contribution < 1.29 is 4.79 Å². The summed E-state index contributed by atoms with van der Waals surface area (Å²) in [4.78, 5) is 15.0. The van der Waals surface area contributed by atoms with E-state index >= 15 is 0 Å². The summed E-state index contributed by atoms with van der Waals surface area (Å²) >= 11 is 1.71. The third kappa shape index (κ3) is 3.09. The van der Waals surface area contributed by atoms with Gasteiger partial charge in [0.25, 0.3) is 0 Å². The summed E-state index contributed by atoms with van der Waals surface area (Å²) in [6.45, 7) is 3.15. The van der Waals surface area contributed by atoms with Crippen LogP contribution in [-0.2, 0) is 11.2 Å². The van der Waals surface area contributed by atoms with E-state index in [-0.39, 0.29) is 0 Å². The predicted octanol–water partition coefficient (Wildman–Crippen LogP) is 4.00. The second kappa shape index (κ2) is 6.20. The number of amides is 1. The summed E-state index contributed by atoms with van der Waals surface area (Å²) in [6.07, 6.45) is 8.32. The van der Waals surface area contributed by atoms with Crippen LogP contribution in [0.5, 0.6) is 0 Å². The second-order valence-corrected chi connectivity index (χ2v) is 5.72. The van der Waals surface area contributed by atoms with E-state index in [9.17, 15) is 4.79 Å². The Hall–Kier alpha value is -0.830. The largest absolute Gasteiger partial charge is 0.311 e. The van der Waals surface area contributed by atoms with Crippen molar-refractivity contribution in [2.45, 2.75) is 51.9 Å². The number of hydrogen-bond donors (Lipinski definition) is 0. The molecule has 0 N–H and O–H groups in total. The number of anilines is 1. The number of nitrogens with zero attached hydrogens (tertiary/aromatic N) is 1. The maximum atomic E-state index is 11.8. The molecule has 0 spiro atoms. The minimum absolute atomic E-state index is 0.292. The van der Waals surface area contributed by atoms with Crippen LogP contribution in [0.15, 0.2) is 11.4 Å². The van der Waals surface area contributed by atoms with Gasteiger partial charge >= 0.3 is 0 Å². The van der Waals surface area contributed by atoms with Crippen LogP contribution < -0.4 is 4.90 Å². The molecule has 1 aromatic rings. The van der Waals surface area contributed by atoms with Gasteiger partial charge in [0.15, 0.2) is 0 Å². The van der Waals surface area contributed by atoms with E-state index in [1.165, 1.54) is 42.7 Å². The zero-order chi connectivity index (χ0) is 12.1. The third-order valence-electron chi connectivity index (χ3n) is 3.36. The predicted molar refractivity (Wildman–Crippen MR) is 73.8 cm³/mol. The summed E-state index contributed by atoms with van der Waals surface area (Å²) in [5.74, 6) is 0.292. The molecule has 2 heterocycles. The molecule has 2 rings (SSSR count). The van der Waals surface area contributed by atoms with Gasteiger partial charge in [-0.1, -0.05) is 39.0 Å². The molecule has 1 aromatic heterocycles. The zero-order valence-electron chi connectivity index (χ0n) is 10.6. The summed E-state index contributed by atoms with van der Waals surface area (Å²) < 4.78 is 0. The Balaban J connectivity index is 1.71. The zero-order valence-corrected chi connectivity index (χ0v) is 11.4. The number of hydrogen-bond acceptors (Lipinski definition) is 2. The molecule has 0 radical (unpaired) electrons. The summed E-state index contributed by atoms with van der Waals surface area (Å²) in [7, 11) is 0. The standard InChI is InChI=1S/C14H21NOS/c1-2-3-4-5-6-7-9-15-12-8-10-17-13(12)11-14(15)16/h8,10H,2-7,9,11H2,1H3. The quantitative estimate of drug-likeness (QED) is 0.671. The third-order valence-corrected chi connectivity index (χ3v) is 4.27. The minimum Gasteiger partial charge on any atom is -0.311 e. The van der Waals surface area contributed by atoms with Crippen LogP contribution in [0.3, 0.4) is 0 Å². The molecule has 3 heteroatoms. The molecule has 1 aliphatic heterocycles. The van der Waals surface area contributed by atoms with Crippen molar-refractivity contribution in [1.82, 2.24) is 0 Å². The Bertz CT molecular complexity index is 372. The first kappa shape index (κ1) is 12.6. The van der Waals surface area contributed by atoms with Crippen molar-refractivity contribution in [2.75, 3.05) is 11.4 Å². The van der Waals surface area contributed by atoms with Crippen molar-refractivity contribution in [2.24, 2.45) is 0 Å². The first-order chi connectivity index (χ1) is 8.33. The van der Waals surface area contributed by atoms with Crippen LogP contribution in [0.1, 0.15) is 50.3 Å². The van der Waals surface area contributed by atoms with E-state index in [0.717, 1.165) is 13.0 Å². The Morgan fingerprint density at radius 2 is 2.00 bits per heavy atom. The molecule has 0 aliphatic carbocycles. The van der Waals surface area contributed by atoms with E-state index in [2.05, 4.69) is 18.4 Å². The molecule has 1 amide bonds. The van der Waals surface area contributed by atoms with Crippen LogP contribution in [0.4, 0.5) is 5.69 Å². The SMILES string of the molecule is CCCCCCCCN1C(=O)Cc2sccc21. The first-order valence-electron chi connectivity index (χ1n) is 6.69. The highest BCUT2D eigenvalue weighted by molar-refractivity contribution is 7.10. The van der Waals surface area contributed by atoms with Crippen molar-refractivity contribution in [3.05, 3.63) is 16.3 Å². The fourth-order valence-electron chi connectivity index (χ4n) is 2.37. The number of thiophene rings is 1. The molecule has 17 heavy (non-hydrogen) atoms. The van der Waals surface area contributed by atoms with Gasteiger partial charge in [-0.25, -0.2) is 0 Å². The Morgan fingerprint density at radius 3 is 2.82 bits per heavy atom. The molecule has 1 aliphatic rings. The van der Waals surface area contributed by atoms with E-state index in [0.29, 0.717) is 12.3 Å². The molecule has 94 valence electrons. The maximum Gasteiger partial charge on any atom is 0.232 e. The second-order valence-electron chi connectivity index (χ2n) is 4.72. The van der Waals surface area contributed by atoms with Crippen LogP contribution in [-0.4, -0.2) is 12.5 Å². The highest BCUT2D eigenvalue weighted by Gasteiger charge is 2.27. The molecular weight excluding hydrogens is 230 g/mol. The highest BCUT2D eigenvalue weighted by Crippen LogP contribution is 2.33. The lowest BCUT2D eigenvalue weighted by atomic mass is 10.1. The summed E-state index contributed by atoms with van der Waals surface area (Å²) in [6, 6.07) is 2.09. The van der Waals surface area contributed by atoms with Gasteiger partial charge in [0, 0.05) is 11.4 Å². The van der Waals surface area contributed by atoms with Gasteiger partial charge in [0.1, 0.15) is 0 Å². The molecule has 2 nitrogen and oxygen atoms in total. The monoisotopic (exact) mass is 251 g/mol. The molecule has 0 saturated heterocycles. The van der Waals surface area contributed by atoms with Gasteiger partial charge in [-0.15, -0.1) is 11.3 Å². The maximum absolute atomic E-state index is 11.8. The van der Waals surface area contributed by atoms with Crippen LogP contribution in [0.2, 0.25) is 0 Å². The topological polar surface area (TPSA) is 20.3 Å². The smallest absolute Gasteiger partial charge is 0.232 e. The lowest BCUT2D eigenvalue weighted by molar-refractivity contribution is -0.117. The lowest BCUT2D eigenvalue weighted by Gasteiger charge is -2.15. The number of rotatable bonds is 7. The van der Waals surface area contributed by atoms with Gasteiger partial charge < -0.3 is 4.90 Å². The van der Waals surface area contributed by atoms with Crippen LogP contribution in [0.25, 0.3) is 0 Å². The van der Waals surface area contributed by atoms with E-state index in [1.807, 2.05) is 4.90 Å². The normalized spacial score (nSPS) is 14.4. The number of carbonyl (C=O) groups is 1.